The van der Waals surface area contributed by atoms with Crippen molar-refractivity contribution in [3.63, 3.8) is 0 Å². The first-order valence-electron chi connectivity index (χ1n) is 8.54. The highest BCUT2D eigenvalue weighted by Gasteiger charge is 2.16. The van der Waals surface area contributed by atoms with E-state index in [9.17, 15) is 14.0 Å². The van der Waals surface area contributed by atoms with Gasteiger partial charge in [-0.05, 0) is 55.3 Å². The number of anilines is 2. The lowest BCUT2D eigenvalue weighted by Gasteiger charge is -2.12. The van der Waals surface area contributed by atoms with E-state index >= 15 is 0 Å². The number of carbonyl (C=O) groups is 2. The van der Waals surface area contributed by atoms with Gasteiger partial charge in [0.15, 0.2) is 0 Å². The van der Waals surface area contributed by atoms with Gasteiger partial charge in [-0.25, -0.2) is 9.18 Å². The number of hydrogen-bond acceptors (Lipinski definition) is 3. The second-order valence-electron chi connectivity index (χ2n) is 6.13. The van der Waals surface area contributed by atoms with E-state index in [1.54, 1.807) is 24.3 Å². The number of rotatable bonds is 5. The van der Waals surface area contributed by atoms with Crippen LogP contribution in [0, 0.1) is 5.82 Å². The quantitative estimate of drug-likeness (QED) is 0.719. The summed E-state index contributed by atoms with van der Waals surface area (Å²) >= 11 is 5.89. The van der Waals surface area contributed by atoms with Gasteiger partial charge in [0.1, 0.15) is 5.82 Å². The SMILES string of the molecule is O=C(NCC1CCCO1)Nc1ccc(NC(=O)c2ccc(F)cc2Cl)cc1. The van der Waals surface area contributed by atoms with Crippen LogP contribution in [-0.4, -0.2) is 31.2 Å². The van der Waals surface area contributed by atoms with E-state index in [0.717, 1.165) is 25.5 Å². The smallest absolute Gasteiger partial charge is 0.319 e. The molecule has 0 bridgehead atoms. The van der Waals surface area contributed by atoms with Gasteiger partial charge in [0, 0.05) is 24.5 Å². The third-order valence-electron chi connectivity index (χ3n) is 4.09. The van der Waals surface area contributed by atoms with E-state index in [0.29, 0.717) is 17.9 Å². The third kappa shape index (κ3) is 5.42. The van der Waals surface area contributed by atoms with Gasteiger partial charge in [-0.1, -0.05) is 11.6 Å². The molecule has 1 atom stereocenters. The molecule has 0 saturated carbocycles. The van der Waals surface area contributed by atoms with Gasteiger partial charge in [-0.2, -0.15) is 0 Å². The van der Waals surface area contributed by atoms with Gasteiger partial charge in [-0.15, -0.1) is 0 Å². The Hall–Kier alpha value is -2.64. The van der Waals surface area contributed by atoms with Crippen molar-refractivity contribution in [3.05, 3.63) is 58.9 Å². The van der Waals surface area contributed by atoms with Crippen LogP contribution in [0.5, 0.6) is 0 Å². The summed E-state index contributed by atoms with van der Waals surface area (Å²) in [5.41, 5.74) is 1.28. The van der Waals surface area contributed by atoms with Crippen molar-refractivity contribution < 1.29 is 18.7 Å². The fourth-order valence-electron chi connectivity index (χ4n) is 2.70. The maximum Gasteiger partial charge on any atom is 0.319 e. The monoisotopic (exact) mass is 391 g/mol. The number of ether oxygens (including phenoxy) is 1. The summed E-state index contributed by atoms with van der Waals surface area (Å²) in [5, 5.41) is 8.18. The third-order valence-corrected chi connectivity index (χ3v) is 4.40. The molecule has 2 aromatic rings. The Balaban J connectivity index is 1.52. The topological polar surface area (TPSA) is 79.5 Å². The Kier molecular flexibility index (Phi) is 6.26. The molecule has 6 nitrogen and oxygen atoms in total. The van der Waals surface area contributed by atoms with Crippen molar-refractivity contribution >= 4 is 34.9 Å². The second-order valence-corrected chi connectivity index (χ2v) is 6.53. The number of hydrogen-bond donors (Lipinski definition) is 3. The van der Waals surface area contributed by atoms with E-state index in [1.807, 2.05) is 0 Å². The maximum atomic E-state index is 13.1. The van der Waals surface area contributed by atoms with Crippen LogP contribution < -0.4 is 16.0 Å². The first-order chi connectivity index (χ1) is 13.0. The van der Waals surface area contributed by atoms with E-state index < -0.39 is 11.7 Å². The van der Waals surface area contributed by atoms with Crippen molar-refractivity contribution in [1.82, 2.24) is 5.32 Å². The lowest BCUT2D eigenvalue weighted by molar-refractivity contribution is 0.102. The average Bonchev–Trinajstić information content (AvgIpc) is 3.15. The summed E-state index contributed by atoms with van der Waals surface area (Å²) in [6.07, 6.45) is 2.04. The van der Waals surface area contributed by atoms with Gasteiger partial charge >= 0.3 is 6.03 Å². The van der Waals surface area contributed by atoms with Crippen LogP contribution in [0.4, 0.5) is 20.6 Å². The number of urea groups is 1. The molecule has 2 aromatic carbocycles. The zero-order valence-electron chi connectivity index (χ0n) is 14.4. The van der Waals surface area contributed by atoms with Crippen LogP contribution in [0.15, 0.2) is 42.5 Å². The molecular weight excluding hydrogens is 373 g/mol. The van der Waals surface area contributed by atoms with Gasteiger partial charge in [0.05, 0.1) is 16.7 Å². The zero-order valence-corrected chi connectivity index (χ0v) is 15.2. The van der Waals surface area contributed by atoms with E-state index in [-0.39, 0.29) is 22.7 Å². The summed E-state index contributed by atoms with van der Waals surface area (Å²) in [5.74, 6) is -0.959. The van der Waals surface area contributed by atoms with Crippen molar-refractivity contribution in [1.29, 1.82) is 0 Å². The van der Waals surface area contributed by atoms with Crippen molar-refractivity contribution in [2.75, 3.05) is 23.8 Å². The highest BCUT2D eigenvalue weighted by atomic mass is 35.5. The molecule has 1 saturated heterocycles. The van der Waals surface area contributed by atoms with Gasteiger partial charge < -0.3 is 20.7 Å². The highest BCUT2D eigenvalue weighted by molar-refractivity contribution is 6.34. The van der Waals surface area contributed by atoms with Crippen LogP contribution in [0.25, 0.3) is 0 Å². The zero-order chi connectivity index (χ0) is 19.2. The minimum Gasteiger partial charge on any atom is -0.376 e. The van der Waals surface area contributed by atoms with Gasteiger partial charge in [-0.3, -0.25) is 4.79 Å². The van der Waals surface area contributed by atoms with Crippen LogP contribution >= 0.6 is 11.6 Å². The Labute approximate surface area is 161 Å². The first kappa shape index (κ1) is 19.1. The summed E-state index contributed by atoms with van der Waals surface area (Å²) in [7, 11) is 0. The number of nitrogens with one attached hydrogen (secondary N) is 3. The second kappa shape index (κ2) is 8.83. The Morgan fingerprint density at radius 2 is 1.81 bits per heavy atom. The molecule has 1 aliphatic rings. The van der Waals surface area contributed by atoms with Crippen LogP contribution in [0.2, 0.25) is 5.02 Å². The van der Waals surface area contributed by atoms with Gasteiger partial charge in [0.25, 0.3) is 5.91 Å². The maximum absolute atomic E-state index is 13.1. The number of halogens is 2. The summed E-state index contributed by atoms with van der Waals surface area (Å²) < 4.78 is 18.5. The highest BCUT2D eigenvalue weighted by Crippen LogP contribution is 2.20. The molecule has 3 N–H and O–H groups in total. The molecule has 0 radical (unpaired) electrons. The molecule has 8 heteroatoms. The largest absolute Gasteiger partial charge is 0.376 e. The summed E-state index contributed by atoms with van der Waals surface area (Å²) in [6.45, 7) is 1.21. The molecule has 3 rings (SSSR count). The van der Waals surface area contributed by atoms with Gasteiger partial charge in [0.2, 0.25) is 0 Å². The molecule has 1 unspecified atom stereocenters. The lowest BCUT2D eigenvalue weighted by Crippen LogP contribution is -2.35. The summed E-state index contributed by atoms with van der Waals surface area (Å²) in [6, 6.07) is 9.86. The molecule has 1 fully saturated rings. The Morgan fingerprint density at radius 3 is 2.44 bits per heavy atom. The predicted molar refractivity (Wildman–Crippen MR) is 102 cm³/mol. The molecule has 3 amide bonds. The van der Waals surface area contributed by atoms with Crippen LogP contribution in [-0.2, 0) is 4.74 Å². The fourth-order valence-corrected chi connectivity index (χ4v) is 2.95. The predicted octanol–water partition coefficient (Wildman–Crippen LogP) is 4.03. The molecule has 0 aromatic heterocycles. The van der Waals surface area contributed by atoms with E-state index in [1.165, 1.54) is 12.1 Å². The van der Waals surface area contributed by atoms with Crippen LogP contribution in [0.1, 0.15) is 23.2 Å². The first-order valence-corrected chi connectivity index (χ1v) is 8.92. The minimum absolute atomic E-state index is 0.0358. The molecule has 1 aliphatic heterocycles. The molecule has 142 valence electrons. The standard InChI is InChI=1S/C19H19ClFN3O3/c20-17-10-12(21)3-8-16(17)18(25)23-13-4-6-14(7-5-13)24-19(26)22-11-15-2-1-9-27-15/h3-8,10,15H,1-2,9,11H2,(H,23,25)(H2,22,24,26). The molecular formula is C19H19ClFN3O3. The van der Waals surface area contributed by atoms with Crippen molar-refractivity contribution in [2.24, 2.45) is 0 Å². The molecule has 0 spiro atoms. The lowest BCUT2D eigenvalue weighted by atomic mass is 10.2. The fraction of sp³-hybridized carbons (Fsp3) is 0.263. The van der Waals surface area contributed by atoms with E-state index in [2.05, 4.69) is 16.0 Å². The normalized spacial score (nSPS) is 16.0. The Morgan fingerprint density at radius 1 is 1.11 bits per heavy atom. The van der Waals surface area contributed by atoms with Crippen molar-refractivity contribution in [3.8, 4) is 0 Å². The Bertz CT molecular complexity index is 823. The molecule has 1 heterocycles. The van der Waals surface area contributed by atoms with Crippen molar-refractivity contribution in [2.45, 2.75) is 18.9 Å². The van der Waals surface area contributed by atoms with E-state index in [4.69, 9.17) is 16.3 Å². The summed E-state index contributed by atoms with van der Waals surface area (Å²) in [4.78, 5) is 24.1. The number of amides is 3. The number of benzene rings is 2. The van der Waals surface area contributed by atoms with Crippen LogP contribution in [0.3, 0.4) is 0 Å². The minimum atomic E-state index is -0.509. The molecule has 27 heavy (non-hydrogen) atoms. The number of carbonyl (C=O) groups excluding carboxylic acids is 2. The molecule has 0 aliphatic carbocycles. The average molecular weight is 392 g/mol.